The van der Waals surface area contributed by atoms with Crippen LogP contribution in [-0.2, 0) is 0 Å². The summed E-state index contributed by atoms with van der Waals surface area (Å²) >= 11 is 1.56. The lowest BCUT2D eigenvalue weighted by molar-refractivity contribution is 0.345. The lowest BCUT2D eigenvalue weighted by atomic mass is 10.0. The van der Waals surface area contributed by atoms with E-state index >= 15 is 0 Å². The first-order chi connectivity index (χ1) is 8.58. The molecule has 0 aliphatic rings. The second kappa shape index (κ2) is 5.67. The predicted octanol–water partition coefficient (Wildman–Crippen LogP) is 3.29. The van der Waals surface area contributed by atoms with Crippen molar-refractivity contribution >= 4 is 27.4 Å². The van der Waals surface area contributed by atoms with Gasteiger partial charge < -0.3 is 10.2 Å². The van der Waals surface area contributed by atoms with Gasteiger partial charge in [0.2, 0.25) is 0 Å². The largest absolute Gasteiger partial charge is 0.371 e. The summed E-state index contributed by atoms with van der Waals surface area (Å²) in [5.74, 6) is 0.591. The normalized spacial score (nSPS) is 13.4. The average Bonchev–Trinajstić information content (AvgIpc) is 2.71. The molecule has 0 aliphatic carbocycles. The van der Waals surface area contributed by atoms with E-state index in [1.165, 1.54) is 10.4 Å². The van der Waals surface area contributed by atoms with Gasteiger partial charge in [-0.3, -0.25) is 0 Å². The first-order valence-corrected chi connectivity index (χ1v) is 7.11. The number of fused-ring (bicyclic) bond motifs is 1. The van der Waals surface area contributed by atoms with Gasteiger partial charge in [-0.1, -0.05) is 26.0 Å². The lowest BCUT2D eigenvalue weighted by Crippen LogP contribution is -2.36. The van der Waals surface area contributed by atoms with Gasteiger partial charge in [-0.25, -0.2) is 0 Å². The van der Waals surface area contributed by atoms with Crippen LogP contribution in [0, 0.1) is 5.92 Å². The quantitative estimate of drug-likeness (QED) is 0.897. The van der Waals surface area contributed by atoms with Crippen LogP contribution in [0.5, 0.6) is 0 Å². The minimum Gasteiger partial charge on any atom is -0.371 e. The topological polar surface area (TPSA) is 28.2 Å². The molecule has 0 saturated heterocycles. The number of likely N-dealkylation sites (N-methyl/N-ethyl adjacent to an activating group) is 1. The summed E-state index contributed by atoms with van der Waals surface area (Å²) in [6.45, 7) is 5.54. The molecule has 3 nitrogen and oxygen atoms in total. The van der Waals surface area contributed by atoms with Crippen molar-refractivity contribution in [3.63, 3.8) is 0 Å². The highest BCUT2D eigenvalue weighted by Crippen LogP contribution is 2.28. The second-order valence-electron chi connectivity index (χ2n) is 5.29. The fourth-order valence-electron chi connectivity index (χ4n) is 1.98. The SMILES string of the molecule is CC(C)C(CN(C)C)Nc1snc2ccccc12. The lowest BCUT2D eigenvalue weighted by Gasteiger charge is -2.25. The van der Waals surface area contributed by atoms with E-state index in [0.29, 0.717) is 12.0 Å². The summed E-state index contributed by atoms with van der Waals surface area (Å²) in [5, 5.41) is 6.06. The summed E-state index contributed by atoms with van der Waals surface area (Å²) in [6, 6.07) is 8.75. The molecule has 1 atom stereocenters. The predicted molar refractivity (Wildman–Crippen MR) is 80.4 cm³/mol. The van der Waals surface area contributed by atoms with Gasteiger partial charge in [-0.2, -0.15) is 4.37 Å². The van der Waals surface area contributed by atoms with Crippen LogP contribution in [0.1, 0.15) is 13.8 Å². The van der Waals surface area contributed by atoms with E-state index in [-0.39, 0.29) is 0 Å². The molecule has 0 saturated carbocycles. The highest BCUT2D eigenvalue weighted by atomic mass is 32.1. The van der Waals surface area contributed by atoms with Crippen molar-refractivity contribution in [1.82, 2.24) is 9.27 Å². The van der Waals surface area contributed by atoms with E-state index in [4.69, 9.17) is 0 Å². The standard InChI is InChI=1S/C14H21N3S/c1-10(2)13(9-17(3)4)15-14-11-7-5-6-8-12(11)16-18-14/h5-8,10,13,15H,9H2,1-4H3. The summed E-state index contributed by atoms with van der Waals surface area (Å²) < 4.78 is 4.48. The molecule has 0 fully saturated rings. The zero-order valence-corrected chi connectivity index (χ0v) is 12.3. The Morgan fingerprint density at radius 3 is 2.67 bits per heavy atom. The average molecular weight is 263 g/mol. The third-order valence-electron chi connectivity index (χ3n) is 3.07. The molecule has 1 N–H and O–H groups in total. The molecule has 4 heteroatoms. The van der Waals surface area contributed by atoms with Gasteiger partial charge >= 0.3 is 0 Å². The number of benzene rings is 1. The van der Waals surface area contributed by atoms with Gasteiger partial charge in [0.05, 0.1) is 5.52 Å². The minimum absolute atomic E-state index is 0.448. The maximum absolute atomic E-state index is 4.48. The number of nitrogens with zero attached hydrogens (tertiary/aromatic N) is 2. The van der Waals surface area contributed by atoms with Crippen LogP contribution in [0.25, 0.3) is 10.9 Å². The maximum atomic E-state index is 4.48. The van der Waals surface area contributed by atoms with Gasteiger partial charge in [-0.15, -0.1) is 0 Å². The second-order valence-corrected chi connectivity index (χ2v) is 6.06. The zero-order chi connectivity index (χ0) is 13.1. The van der Waals surface area contributed by atoms with Crippen molar-refractivity contribution in [3.8, 4) is 0 Å². The van der Waals surface area contributed by atoms with E-state index in [1.54, 1.807) is 11.5 Å². The number of aromatic nitrogens is 1. The van der Waals surface area contributed by atoms with Crippen molar-refractivity contribution in [1.29, 1.82) is 0 Å². The molecule has 18 heavy (non-hydrogen) atoms. The monoisotopic (exact) mass is 263 g/mol. The molecule has 1 aromatic carbocycles. The van der Waals surface area contributed by atoms with E-state index in [0.717, 1.165) is 12.1 Å². The molecule has 0 amide bonds. The molecule has 1 unspecified atom stereocenters. The van der Waals surface area contributed by atoms with Crippen molar-refractivity contribution in [3.05, 3.63) is 24.3 Å². The number of nitrogens with one attached hydrogen (secondary N) is 1. The Morgan fingerprint density at radius 2 is 2.00 bits per heavy atom. The zero-order valence-electron chi connectivity index (χ0n) is 11.5. The Balaban J connectivity index is 2.20. The smallest absolute Gasteiger partial charge is 0.117 e. The fourth-order valence-corrected chi connectivity index (χ4v) is 2.80. The van der Waals surface area contributed by atoms with E-state index < -0.39 is 0 Å². The van der Waals surface area contributed by atoms with Crippen LogP contribution >= 0.6 is 11.5 Å². The van der Waals surface area contributed by atoms with E-state index in [1.807, 2.05) is 6.07 Å². The molecule has 98 valence electrons. The van der Waals surface area contributed by atoms with Gasteiger partial charge in [0, 0.05) is 18.0 Å². The molecular weight excluding hydrogens is 242 g/mol. The molecule has 2 aromatic rings. The fraction of sp³-hybridized carbons (Fsp3) is 0.500. The summed E-state index contributed by atoms with van der Waals surface area (Å²) in [6.07, 6.45) is 0. The summed E-state index contributed by atoms with van der Waals surface area (Å²) in [4.78, 5) is 2.22. The molecule has 1 heterocycles. The Morgan fingerprint density at radius 1 is 1.28 bits per heavy atom. The third kappa shape index (κ3) is 3.00. The summed E-state index contributed by atoms with van der Waals surface area (Å²) in [5.41, 5.74) is 1.08. The minimum atomic E-state index is 0.448. The number of rotatable bonds is 5. The van der Waals surface area contributed by atoms with E-state index in [2.05, 4.69) is 60.7 Å². The highest BCUT2D eigenvalue weighted by molar-refractivity contribution is 7.11. The number of anilines is 1. The van der Waals surface area contributed by atoms with Gasteiger partial charge in [0.15, 0.2) is 0 Å². The van der Waals surface area contributed by atoms with Crippen molar-refractivity contribution < 1.29 is 0 Å². The number of hydrogen-bond donors (Lipinski definition) is 1. The third-order valence-corrected chi connectivity index (χ3v) is 3.88. The Labute approximate surface area is 113 Å². The van der Waals surface area contributed by atoms with Crippen molar-refractivity contribution in [2.45, 2.75) is 19.9 Å². The van der Waals surface area contributed by atoms with Crippen LogP contribution in [-0.4, -0.2) is 36.0 Å². The van der Waals surface area contributed by atoms with Gasteiger partial charge in [0.25, 0.3) is 0 Å². The van der Waals surface area contributed by atoms with Crippen molar-refractivity contribution in [2.75, 3.05) is 26.0 Å². The van der Waals surface area contributed by atoms with Crippen molar-refractivity contribution in [2.24, 2.45) is 5.92 Å². The molecule has 1 aromatic heterocycles. The van der Waals surface area contributed by atoms with Crippen LogP contribution in [0.2, 0.25) is 0 Å². The number of hydrogen-bond acceptors (Lipinski definition) is 4. The highest BCUT2D eigenvalue weighted by Gasteiger charge is 2.16. The molecule has 0 spiro atoms. The first kappa shape index (κ1) is 13.3. The molecule has 0 aliphatic heterocycles. The van der Waals surface area contributed by atoms with Crippen LogP contribution < -0.4 is 5.32 Å². The Bertz CT molecular complexity index is 504. The molecule has 0 radical (unpaired) electrons. The van der Waals surface area contributed by atoms with Gasteiger partial charge in [0.1, 0.15) is 5.00 Å². The molecule has 2 rings (SSSR count). The van der Waals surface area contributed by atoms with Crippen LogP contribution in [0.4, 0.5) is 5.00 Å². The molecule has 0 bridgehead atoms. The van der Waals surface area contributed by atoms with E-state index in [9.17, 15) is 0 Å². The molecular formula is C14H21N3S. The summed E-state index contributed by atoms with van der Waals surface area (Å²) in [7, 11) is 4.23. The Kier molecular flexibility index (Phi) is 4.19. The Hall–Kier alpha value is -1.13. The van der Waals surface area contributed by atoms with Gasteiger partial charge in [-0.05, 0) is 43.7 Å². The van der Waals surface area contributed by atoms with Crippen LogP contribution in [0.3, 0.4) is 0 Å². The maximum Gasteiger partial charge on any atom is 0.117 e. The first-order valence-electron chi connectivity index (χ1n) is 6.33. The van der Waals surface area contributed by atoms with Crippen LogP contribution in [0.15, 0.2) is 24.3 Å².